The predicted octanol–water partition coefficient (Wildman–Crippen LogP) is 6.28. The van der Waals surface area contributed by atoms with E-state index in [1.807, 2.05) is 17.5 Å². The number of thiophene rings is 1. The van der Waals surface area contributed by atoms with Gasteiger partial charge in [0.25, 0.3) is 5.89 Å². The van der Waals surface area contributed by atoms with Gasteiger partial charge in [-0.25, -0.2) is 0 Å². The molecule has 0 bridgehead atoms. The van der Waals surface area contributed by atoms with Gasteiger partial charge in [-0.1, -0.05) is 65.3 Å². The Morgan fingerprint density at radius 2 is 1.82 bits per heavy atom. The summed E-state index contributed by atoms with van der Waals surface area (Å²) in [5.74, 6) is 1.10. The lowest BCUT2D eigenvalue weighted by Crippen LogP contribution is -2.45. The third kappa shape index (κ3) is 4.21. The Morgan fingerprint density at radius 3 is 2.55 bits per heavy atom. The standard InChI is InChI=1S/C26H24N4OS2/c1-16-10-12-19(13-11-16)23-22(25-28-24(29-31-25)21-9-6-14-33-21)18(3)30(26(32)27-23)15-20-8-5-4-7-17(20)2/h4-14,23H,15H2,1-3H3,(H,27,32). The first-order chi connectivity index (χ1) is 16.0. The number of aryl methyl sites for hydroxylation is 2. The van der Waals surface area contributed by atoms with E-state index in [1.165, 1.54) is 16.7 Å². The van der Waals surface area contributed by atoms with Crippen molar-refractivity contribution in [1.29, 1.82) is 0 Å². The van der Waals surface area contributed by atoms with Crippen LogP contribution in [0.5, 0.6) is 0 Å². The van der Waals surface area contributed by atoms with Gasteiger partial charge >= 0.3 is 0 Å². The molecule has 2 aromatic carbocycles. The largest absolute Gasteiger partial charge is 0.351 e. The minimum atomic E-state index is -0.178. The van der Waals surface area contributed by atoms with Crippen molar-refractivity contribution in [3.05, 3.63) is 99.9 Å². The highest BCUT2D eigenvalue weighted by molar-refractivity contribution is 7.80. The molecule has 33 heavy (non-hydrogen) atoms. The fourth-order valence-corrected chi connectivity index (χ4v) is 5.02. The van der Waals surface area contributed by atoms with Crippen LogP contribution in [-0.4, -0.2) is 20.2 Å². The van der Waals surface area contributed by atoms with Gasteiger partial charge in [-0.2, -0.15) is 4.98 Å². The number of hydrogen-bond donors (Lipinski definition) is 1. The van der Waals surface area contributed by atoms with E-state index >= 15 is 0 Å². The van der Waals surface area contributed by atoms with Crippen molar-refractivity contribution < 1.29 is 4.52 Å². The third-order valence-electron chi connectivity index (χ3n) is 5.99. The zero-order chi connectivity index (χ0) is 22.9. The summed E-state index contributed by atoms with van der Waals surface area (Å²) in [6, 6.07) is 20.6. The number of rotatable bonds is 5. The van der Waals surface area contributed by atoms with Crippen LogP contribution < -0.4 is 5.32 Å². The summed E-state index contributed by atoms with van der Waals surface area (Å²) in [4.78, 5) is 7.86. The molecule has 1 atom stereocenters. The Bertz CT molecular complexity index is 1320. The van der Waals surface area contributed by atoms with Crippen molar-refractivity contribution in [1.82, 2.24) is 20.4 Å². The maximum absolute atomic E-state index is 5.84. The van der Waals surface area contributed by atoms with E-state index in [1.54, 1.807) is 11.3 Å². The van der Waals surface area contributed by atoms with E-state index in [4.69, 9.17) is 21.7 Å². The molecule has 0 radical (unpaired) electrons. The van der Waals surface area contributed by atoms with Gasteiger partial charge in [-0.05, 0) is 61.1 Å². The van der Waals surface area contributed by atoms with Crippen LogP contribution in [0, 0.1) is 13.8 Å². The Kier molecular flexibility index (Phi) is 5.83. The van der Waals surface area contributed by atoms with E-state index in [0.717, 1.165) is 21.7 Å². The minimum Gasteiger partial charge on any atom is -0.351 e. The number of nitrogens with one attached hydrogen (secondary N) is 1. The van der Waals surface area contributed by atoms with Crippen LogP contribution in [0.2, 0.25) is 0 Å². The quantitative estimate of drug-likeness (QED) is 0.345. The van der Waals surface area contributed by atoms with Crippen LogP contribution in [0.1, 0.15) is 41.1 Å². The molecule has 0 saturated heterocycles. The first-order valence-corrected chi connectivity index (χ1v) is 12.1. The molecular weight excluding hydrogens is 448 g/mol. The summed E-state index contributed by atoms with van der Waals surface area (Å²) in [5, 5.41) is 10.5. The Morgan fingerprint density at radius 1 is 1.03 bits per heavy atom. The average molecular weight is 473 g/mol. The van der Waals surface area contributed by atoms with E-state index in [0.29, 0.717) is 23.4 Å². The summed E-state index contributed by atoms with van der Waals surface area (Å²) in [7, 11) is 0. The molecule has 2 aromatic heterocycles. The lowest BCUT2D eigenvalue weighted by molar-refractivity contribution is 0.396. The van der Waals surface area contributed by atoms with E-state index < -0.39 is 0 Å². The van der Waals surface area contributed by atoms with Crippen molar-refractivity contribution in [3.63, 3.8) is 0 Å². The Labute approximate surface area is 202 Å². The van der Waals surface area contributed by atoms with Crippen LogP contribution in [0.3, 0.4) is 0 Å². The molecule has 0 spiro atoms. The van der Waals surface area contributed by atoms with Crippen molar-refractivity contribution >= 4 is 34.2 Å². The van der Waals surface area contributed by atoms with Gasteiger partial charge in [-0.15, -0.1) is 11.3 Å². The maximum atomic E-state index is 5.84. The molecule has 0 saturated carbocycles. The molecule has 0 amide bonds. The van der Waals surface area contributed by atoms with Gasteiger partial charge in [0.1, 0.15) is 0 Å². The van der Waals surface area contributed by atoms with Crippen LogP contribution in [-0.2, 0) is 6.54 Å². The lowest BCUT2D eigenvalue weighted by Gasteiger charge is -2.37. The third-order valence-corrected chi connectivity index (χ3v) is 7.20. The van der Waals surface area contributed by atoms with Gasteiger partial charge in [0.15, 0.2) is 5.11 Å². The van der Waals surface area contributed by atoms with Crippen LogP contribution >= 0.6 is 23.6 Å². The lowest BCUT2D eigenvalue weighted by atomic mass is 9.94. The van der Waals surface area contributed by atoms with Crippen molar-refractivity contribution in [2.75, 3.05) is 0 Å². The van der Waals surface area contributed by atoms with Gasteiger partial charge in [0.05, 0.1) is 23.0 Å². The zero-order valence-corrected chi connectivity index (χ0v) is 20.3. The maximum Gasteiger partial charge on any atom is 0.258 e. The number of allylic oxidation sites excluding steroid dienone is 1. The first-order valence-electron chi connectivity index (χ1n) is 10.8. The van der Waals surface area contributed by atoms with Gasteiger partial charge in [0, 0.05) is 5.70 Å². The number of aromatic nitrogens is 2. The molecule has 1 aliphatic rings. The summed E-state index contributed by atoms with van der Waals surface area (Å²) in [5.41, 5.74) is 6.71. The fourth-order valence-electron chi connectivity index (χ4n) is 4.05. The minimum absolute atomic E-state index is 0.178. The van der Waals surface area contributed by atoms with Crippen LogP contribution in [0.25, 0.3) is 16.3 Å². The molecule has 1 unspecified atom stereocenters. The molecule has 5 rings (SSSR count). The first kappa shape index (κ1) is 21.6. The number of hydrogen-bond acceptors (Lipinski definition) is 5. The Balaban J connectivity index is 1.61. The fraction of sp³-hybridized carbons (Fsp3) is 0.192. The SMILES string of the molecule is CC1=C(c2nc(-c3cccs3)no2)C(c2ccc(C)cc2)NC(=S)N1Cc1ccccc1C. The highest BCUT2D eigenvalue weighted by Gasteiger charge is 2.34. The molecule has 7 heteroatoms. The Hall–Kier alpha value is -3.29. The molecule has 0 aliphatic carbocycles. The van der Waals surface area contributed by atoms with E-state index in [-0.39, 0.29) is 6.04 Å². The van der Waals surface area contributed by atoms with Crippen LogP contribution in [0.15, 0.2) is 76.3 Å². The topological polar surface area (TPSA) is 54.2 Å². The zero-order valence-electron chi connectivity index (χ0n) is 18.7. The second-order valence-corrected chi connectivity index (χ2v) is 9.54. The molecule has 0 fully saturated rings. The number of thiocarbonyl (C=S) groups is 1. The molecule has 3 heterocycles. The highest BCUT2D eigenvalue weighted by Crippen LogP contribution is 2.38. The normalized spacial score (nSPS) is 16.3. The highest BCUT2D eigenvalue weighted by atomic mass is 32.1. The van der Waals surface area contributed by atoms with Crippen LogP contribution in [0.4, 0.5) is 0 Å². The van der Waals surface area contributed by atoms with Gasteiger partial charge in [0.2, 0.25) is 5.82 Å². The number of nitrogens with zero attached hydrogens (tertiary/aromatic N) is 3. The predicted molar refractivity (Wildman–Crippen MR) is 137 cm³/mol. The summed E-state index contributed by atoms with van der Waals surface area (Å²) in [6.45, 7) is 6.95. The monoisotopic (exact) mass is 472 g/mol. The molecule has 4 aromatic rings. The van der Waals surface area contributed by atoms with Crippen molar-refractivity contribution in [3.8, 4) is 10.7 Å². The summed E-state index contributed by atoms with van der Waals surface area (Å²) < 4.78 is 5.81. The summed E-state index contributed by atoms with van der Waals surface area (Å²) >= 11 is 7.43. The second kappa shape index (κ2) is 8.92. The van der Waals surface area contributed by atoms with Gasteiger partial charge in [-0.3, -0.25) is 0 Å². The van der Waals surface area contributed by atoms with Crippen molar-refractivity contribution in [2.24, 2.45) is 0 Å². The average Bonchev–Trinajstić information content (AvgIpc) is 3.50. The molecule has 1 N–H and O–H groups in total. The molecular formula is C26H24N4OS2. The van der Waals surface area contributed by atoms with Gasteiger partial charge < -0.3 is 14.7 Å². The van der Waals surface area contributed by atoms with E-state index in [2.05, 4.69) is 84.7 Å². The van der Waals surface area contributed by atoms with Crippen molar-refractivity contribution in [2.45, 2.75) is 33.4 Å². The summed E-state index contributed by atoms with van der Waals surface area (Å²) in [6.07, 6.45) is 0. The molecule has 5 nitrogen and oxygen atoms in total. The number of benzene rings is 2. The second-order valence-electron chi connectivity index (χ2n) is 8.21. The smallest absolute Gasteiger partial charge is 0.258 e. The molecule has 1 aliphatic heterocycles. The van der Waals surface area contributed by atoms with E-state index in [9.17, 15) is 0 Å². The molecule has 166 valence electrons.